The number of halogens is 1. The highest BCUT2D eigenvalue weighted by atomic mass is 79.9. The Morgan fingerprint density at radius 3 is 2.27 bits per heavy atom. The molecule has 0 spiro atoms. The molecule has 5 heteroatoms. The van der Waals surface area contributed by atoms with Crippen LogP contribution in [-0.4, -0.2) is 23.9 Å². The van der Waals surface area contributed by atoms with Gasteiger partial charge in [-0.3, -0.25) is 14.5 Å². The van der Waals surface area contributed by atoms with Crippen LogP contribution in [0.1, 0.15) is 11.1 Å². The smallest absolute Gasteiger partial charge is 0.252 e. The SMILES string of the molecule is O=C(Cc1ccccc1)N[C@@H]1C(=O)N(c2ccccc2Br)[C@@H]1/C=C/c1ccccc1. The Morgan fingerprint density at radius 1 is 0.933 bits per heavy atom. The van der Waals surface area contributed by atoms with Crippen LogP contribution < -0.4 is 10.2 Å². The van der Waals surface area contributed by atoms with E-state index in [2.05, 4.69) is 21.2 Å². The van der Waals surface area contributed by atoms with Gasteiger partial charge in [0, 0.05) is 4.47 Å². The molecule has 30 heavy (non-hydrogen) atoms. The minimum Gasteiger partial charge on any atom is -0.342 e. The van der Waals surface area contributed by atoms with Gasteiger partial charge in [0.1, 0.15) is 6.04 Å². The molecule has 0 aromatic heterocycles. The molecular formula is C25H21BrN2O2. The van der Waals surface area contributed by atoms with E-state index in [1.165, 1.54) is 0 Å². The van der Waals surface area contributed by atoms with E-state index in [0.29, 0.717) is 0 Å². The van der Waals surface area contributed by atoms with Crippen LogP contribution in [0.3, 0.4) is 0 Å². The highest BCUT2D eigenvalue weighted by Gasteiger charge is 2.48. The summed E-state index contributed by atoms with van der Waals surface area (Å²) in [6.45, 7) is 0. The minimum atomic E-state index is -0.590. The lowest BCUT2D eigenvalue weighted by atomic mass is 9.92. The summed E-state index contributed by atoms with van der Waals surface area (Å²) < 4.78 is 0.838. The van der Waals surface area contributed by atoms with E-state index in [9.17, 15) is 9.59 Å². The number of nitrogens with one attached hydrogen (secondary N) is 1. The number of hydrogen-bond donors (Lipinski definition) is 1. The lowest BCUT2D eigenvalue weighted by Crippen LogP contribution is -2.70. The molecule has 4 rings (SSSR count). The lowest BCUT2D eigenvalue weighted by Gasteiger charge is -2.46. The first-order chi connectivity index (χ1) is 14.6. The molecule has 150 valence electrons. The fourth-order valence-electron chi connectivity index (χ4n) is 3.56. The zero-order valence-electron chi connectivity index (χ0n) is 16.2. The van der Waals surface area contributed by atoms with Crippen LogP contribution in [0.4, 0.5) is 5.69 Å². The number of nitrogens with zero attached hydrogens (tertiary/aromatic N) is 1. The third kappa shape index (κ3) is 4.36. The minimum absolute atomic E-state index is 0.119. The molecule has 2 amide bonds. The largest absolute Gasteiger partial charge is 0.342 e. The molecule has 0 unspecified atom stereocenters. The van der Waals surface area contributed by atoms with Crippen molar-refractivity contribution in [2.45, 2.75) is 18.5 Å². The summed E-state index contributed by atoms with van der Waals surface area (Å²) in [5.74, 6) is -0.282. The first kappa shape index (κ1) is 20.1. The lowest BCUT2D eigenvalue weighted by molar-refractivity contribution is -0.131. The van der Waals surface area contributed by atoms with Crippen molar-refractivity contribution < 1.29 is 9.59 Å². The van der Waals surface area contributed by atoms with Gasteiger partial charge >= 0.3 is 0 Å². The number of benzene rings is 3. The molecule has 4 nitrogen and oxygen atoms in total. The van der Waals surface area contributed by atoms with E-state index in [0.717, 1.165) is 21.3 Å². The zero-order valence-corrected chi connectivity index (χ0v) is 17.8. The Balaban J connectivity index is 1.55. The van der Waals surface area contributed by atoms with Gasteiger partial charge in [-0.05, 0) is 39.2 Å². The molecule has 1 aliphatic heterocycles. The monoisotopic (exact) mass is 460 g/mol. The summed E-state index contributed by atoms with van der Waals surface area (Å²) in [7, 11) is 0. The molecule has 0 saturated carbocycles. The number of amides is 2. The molecule has 1 saturated heterocycles. The van der Waals surface area contributed by atoms with Gasteiger partial charge in [-0.1, -0.05) is 84.9 Å². The van der Waals surface area contributed by atoms with Gasteiger partial charge in [0.25, 0.3) is 5.91 Å². The summed E-state index contributed by atoms with van der Waals surface area (Å²) in [5.41, 5.74) is 2.75. The first-order valence-corrected chi connectivity index (χ1v) is 10.6. The van der Waals surface area contributed by atoms with Gasteiger partial charge in [-0.2, -0.15) is 0 Å². The Bertz CT molecular complexity index is 1070. The summed E-state index contributed by atoms with van der Waals surface area (Å²) >= 11 is 3.53. The number of rotatable bonds is 6. The van der Waals surface area contributed by atoms with Crippen molar-refractivity contribution >= 4 is 39.5 Å². The van der Waals surface area contributed by atoms with E-state index in [1.807, 2.05) is 97.1 Å². The van der Waals surface area contributed by atoms with E-state index in [-0.39, 0.29) is 24.3 Å². The third-order valence-corrected chi connectivity index (χ3v) is 5.74. The maximum absolute atomic E-state index is 13.0. The van der Waals surface area contributed by atoms with E-state index in [1.54, 1.807) is 4.90 Å². The Morgan fingerprint density at radius 2 is 1.57 bits per heavy atom. The van der Waals surface area contributed by atoms with Gasteiger partial charge in [-0.25, -0.2) is 0 Å². The molecule has 1 N–H and O–H groups in total. The van der Waals surface area contributed by atoms with Crippen molar-refractivity contribution in [3.8, 4) is 0 Å². The molecule has 1 fully saturated rings. The second kappa shape index (κ2) is 9.09. The normalized spacial score (nSPS) is 18.3. The Kier molecular flexibility index (Phi) is 6.10. The van der Waals surface area contributed by atoms with Crippen LogP contribution in [-0.2, 0) is 16.0 Å². The molecule has 0 radical (unpaired) electrons. The van der Waals surface area contributed by atoms with Crippen molar-refractivity contribution in [3.63, 3.8) is 0 Å². The molecule has 3 aromatic carbocycles. The molecular weight excluding hydrogens is 440 g/mol. The quantitative estimate of drug-likeness (QED) is 0.546. The number of carbonyl (C=O) groups excluding carboxylic acids is 2. The van der Waals surface area contributed by atoms with Gasteiger partial charge in [0.2, 0.25) is 5.91 Å². The van der Waals surface area contributed by atoms with Crippen LogP contribution in [0.15, 0.2) is 95.5 Å². The zero-order chi connectivity index (χ0) is 20.9. The van der Waals surface area contributed by atoms with Gasteiger partial charge < -0.3 is 5.32 Å². The van der Waals surface area contributed by atoms with E-state index in [4.69, 9.17) is 0 Å². The molecule has 2 atom stereocenters. The highest BCUT2D eigenvalue weighted by molar-refractivity contribution is 9.10. The van der Waals surface area contributed by atoms with Crippen molar-refractivity contribution in [1.82, 2.24) is 5.32 Å². The second-order valence-corrected chi connectivity index (χ2v) is 7.98. The van der Waals surface area contributed by atoms with Gasteiger partial charge in [0.05, 0.1) is 18.2 Å². The van der Waals surface area contributed by atoms with Crippen molar-refractivity contribution in [3.05, 3.63) is 107 Å². The molecule has 3 aromatic rings. The third-order valence-electron chi connectivity index (χ3n) is 5.06. The number of carbonyl (C=O) groups is 2. The van der Waals surface area contributed by atoms with Crippen LogP contribution in [0.5, 0.6) is 0 Å². The predicted molar refractivity (Wildman–Crippen MR) is 123 cm³/mol. The first-order valence-electron chi connectivity index (χ1n) is 9.77. The molecule has 1 aliphatic rings. The average Bonchev–Trinajstić information content (AvgIpc) is 2.77. The van der Waals surface area contributed by atoms with Crippen LogP contribution in [0.25, 0.3) is 6.08 Å². The van der Waals surface area contributed by atoms with E-state index < -0.39 is 6.04 Å². The van der Waals surface area contributed by atoms with Crippen LogP contribution in [0.2, 0.25) is 0 Å². The highest BCUT2D eigenvalue weighted by Crippen LogP contribution is 2.35. The average molecular weight is 461 g/mol. The predicted octanol–water partition coefficient (Wildman–Crippen LogP) is 4.61. The van der Waals surface area contributed by atoms with E-state index >= 15 is 0 Å². The fraction of sp³-hybridized carbons (Fsp3) is 0.120. The summed E-state index contributed by atoms with van der Waals surface area (Å²) in [6.07, 6.45) is 4.20. The number of anilines is 1. The van der Waals surface area contributed by atoms with Crippen molar-refractivity contribution in [2.24, 2.45) is 0 Å². The fourth-order valence-corrected chi connectivity index (χ4v) is 4.04. The van der Waals surface area contributed by atoms with Crippen LogP contribution in [0, 0.1) is 0 Å². The Labute approximate surface area is 184 Å². The summed E-state index contributed by atoms with van der Waals surface area (Å²) in [6, 6.07) is 26.2. The van der Waals surface area contributed by atoms with Crippen molar-refractivity contribution in [2.75, 3.05) is 4.90 Å². The number of β-lactam (4-membered cyclic amide) rings is 1. The Hall–Kier alpha value is -3.18. The number of hydrogen-bond acceptors (Lipinski definition) is 2. The van der Waals surface area contributed by atoms with Gasteiger partial charge in [-0.15, -0.1) is 0 Å². The maximum atomic E-state index is 13.0. The summed E-state index contributed by atoms with van der Waals surface area (Å²) in [5, 5.41) is 2.92. The molecule has 1 heterocycles. The van der Waals surface area contributed by atoms with Crippen molar-refractivity contribution in [1.29, 1.82) is 0 Å². The maximum Gasteiger partial charge on any atom is 0.252 e. The molecule has 0 aliphatic carbocycles. The molecule has 0 bridgehead atoms. The van der Waals surface area contributed by atoms with Gasteiger partial charge in [0.15, 0.2) is 0 Å². The van der Waals surface area contributed by atoms with Crippen LogP contribution >= 0.6 is 15.9 Å². The second-order valence-electron chi connectivity index (χ2n) is 7.13. The topological polar surface area (TPSA) is 49.4 Å². The number of para-hydroxylation sites is 1. The summed E-state index contributed by atoms with van der Waals surface area (Å²) in [4.78, 5) is 27.3. The standard InChI is InChI=1S/C25H21BrN2O2/c26-20-13-7-8-14-21(20)28-22(16-15-18-9-3-1-4-10-18)24(25(28)30)27-23(29)17-19-11-5-2-6-12-19/h1-16,22,24H,17H2,(H,27,29)/b16-15+/t22-,24+/m1/s1.